The molecule has 0 amide bonds. The van der Waals surface area contributed by atoms with Crippen LogP contribution in [0.1, 0.15) is 6.42 Å². The summed E-state index contributed by atoms with van der Waals surface area (Å²) < 4.78 is 6.73. The SMILES string of the molecule is COC1CCN(c2cnn(C/C=C/CN)c(=O)c2)C1. The molecule has 0 radical (unpaired) electrons. The molecule has 2 heterocycles. The van der Waals surface area contributed by atoms with Crippen LogP contribution in [0.5, 0.6) is 0 Å². The van der Waals surface area contributed by atoms with Crippen molar-refractivity contribution in [2.45, 2.75) is 19.1 Å². The van der Waals surface area contributed by atoms with Gasteiger partial charge in [-0.15, -0.1) is 0 Å². The van der Waals surface area contributed by atoms with E-state index in [1.165, 1.54) is 4.68 Å². The normalized spacial score (nSPS) is 19.5. The van der Waals surface area contributed by atoms with Gasteiger partial charge in [0, 0.05) is 32.8 Å². The van der Waals surface area contributed by atoms with Crippen molar-refractivity contribution in [3.63, 3.8) is 0 Å². The van der Waals surface area contributed by atoms with Gasteiger partial charge in [-0.3, -0.25) is 4.79 Å². The smallest absolute Gasteiger partial charge is 0.269 e. The summed E-state index contributed by atoms with van der Waals surface area (Å²) in [5, 5.41) is 4.18. The standard InChI is InChI=1S/C13H20N4O2/c1-19-12-4-7-16(10-12)11-8-13(18)17(15-9-11)6-3-2-5-14/h2-3,8-9,12H,4-7,10,14H2,1H3/b3-2+. The lowest BCUT2D eigenvalue weighted by Gasteiger charge is -2.17. The van der Waals surface area contributed by atoms with Crippen LogP contribution in [0.25, 0.3) is 0 Å². The monoisotopic (exact) mass is 264 g/mol. The largest absolute Gasteiger partial charge is 0.380 e. The molecule has 1 atom stereocenters. The number of rotatable bonds is 5. The van der Waals surface area contributed by atoms with Gasteiger partial charge in [0.25, 0.3) is 5.56 Å². The zero-order valence-corrected chi connectivity index (χ0v) is 11.2. The highest BCUT2D eigenvalue weighted by Gasteiger charge is 2.22. The molecule has 0 aromatic carbocycles. The Morgan fingerprint density at radius 3 is 3.05 bits per heavy atom. The third-order valence-electron chi connectivity index (χ3n) is 3.28. The van der Waals surface area contributed by atoms with Gasteiger partial charge < -0.3 is 15.4 Å². The Morgan fingerprint density at radius 2 is 2.42 bits per heavy atom. The molecule has 1 aromatic rings. The van der Waals surface area contributed by atoms with Gasteiger partial charge in [0.05, 0.1) is 24.5 Å². The summed E-state index contributed by atoms with van der Waals surface area (Å²) in [5.41, 5.74) is 6.12. The zero-order chi connectivity index (χ0) is 13.7. The second-order valence-corrected chi connectivity index (χ2v) is 4.53. The van der Waals surface area contributed by atoms with E-state index in [0.717, 1.165) is 25.2 Å². The van der Waals surface area contributed by atoms with Gasteiger partial charge >= 0.3 is 0 Å². The molecule has 6 nitrogen and oxygen atoms in total. The molecule has 0 aliphatic carbocycles. The molecule has 19 heavy (non-hydrogen) atoms. The van der Waals surface area contributed by atoms with Crippen molar-refractivity contribution in [3.8, 4) is 0 Å². The summed E-state index contributed by atoms with van der Waals surface area (Å²) in [7, 11) is 1.72. The Kier molecular flexibility index (Phi) is 4.70. The fraction of sp³-hybridized carbons (Fsp3) is 0.538. The zero-order valence-electron chi connectivity index (χ0n) is 11.2. The summed E-state index contributed by atoms with van der Waals surface area (Å²) in [5.74, 6) is 0. The molecule has 104 valence electrons. The quantitative estimate of drug-likeness (QED) is 0.757. The molecule has 2 rings (SSSR count). The van der Waals surface area contributed by atoms with Gasteiger partial charge in [0.1, 0.15) is 0 Å². The summed E-state index contributed by atoms with van der Waals surface area (Å²) in [4.78, 5) is 14.0. The van der Waals surface area contributed by atoms with Crippen molar-refractivity contribution in [1.29, 1.82) is 0 Å². The highest BCUT2D eigenvalue weighted by Crippen LogP contribution is 2.19. The van der Waals surface area contributed by atoms with E-state index in [-0.39, 0.29) is 11.7 Å². The Labute approximate surface area is 112 Å². The number of ether oxygens (including phenoxy) is 1. The molecule has 0 saturated carbocycles. The molecule has 0 bridgehead atoms. The third kappa shape index (κ3) is 3.42. The average molecular weight is 264 g/mol. The van der Waals surface area contributed by atoms with Crippen LogP contribution in [-0.4, -0.2) is 42.6 Å². The summed E-state index contributed by atoms with van der Waals surface area (Å²) in [6.45, 7) is 2.64. The number of allylic oxidation sites excluding steroid dienone is 1. The van der Waals surface area contributed by atoms with Crippen molar-refractivity contribution in [2.75, 3.05) is 31.6 Å². The molecular formula is C13H20N4O2. The number of nitrogens with two attached hydrogens (primary N) is 1. The van der Waals surface area contributed by atoms with Gasteiger partial charge in [-0.2, -0.15) is 5.10 Å². The van der Waals surface area contributed by atoms with E-state index >= 15 is 0 Å². The summed E-state index contributed by atoms with van der Waals surface area (Å²) >= 11 is 0. The van der Waals surface area contributed by atoms with E-state index in [1.54, 1.807) is 19.4 Å². The fourth-order valence-electron chi connectivity index (χ4n) is 2.16. The van der Waals surface area contributed by atoms with Crippen molar-refractivity contribution < 1.29 is 4.74 Å². The van der Waals surface area contributed by atoms with Crippen LogP contribution in [0.4, 0.5) is 5.69 Å². The molecule has 2 N–H and O–H groups in total. The molecule has 1 unspecified atom stereocenters. The van der Waals surface area contributed by atoms with E-state index < -0.39 is 0 Å². The molecule has 1 aliphatic rings. The minimum atomic E-state index is -0.0972. The Bertz CT molecular complexity index is 498. The number of aromatic nitrogens is 2. The van der Waals surface area contributed by atoms with Crippen molar-refractivity contribution in [3.05, 3.63) is 34.8 Å². The maximum Gasteiger partial charge on any atom is 0.269 e. The van der Waals surface area contributed by atoms with Crippen LogP contribution >= 0.6 is 0 Å². The Morgan fingerprint density at radius 1 is 1.58 bits per heavy atom. The van der Waals surface area contributed by atoms with Gasteiger partial charge in [-0.05, 0) is 6.42 Å². The molecule has 6 heteroatoms. The predicted molar refractivity (Wildman–Crippen MR) is 74.3 cm³/mol. The fourth-order valence-corrected chi connectivity index (χ4v) is 2.16. The van der Waals surface area contributed by atoms with Crippen LogP contribution in [0.15, 0.2) is 29.2 Å². The maximum atomic E-state index is 11.9. The number of hydrogen-bond donors (Lipinski definition) is 1. The van der Waals surface area contributed by atoms with Gasteiger partial charge in [0.2, 0.25) is 0 Å². The van der Waals surface area contributed by atoms with E-state index in [4.69, 9.17) is 10.5 Å². The molecule has 0 spiro atoms. The lowest BCUT2D eigenvalue weighted by atomic mass is 10.3. The highest BCUT2D eigenvalue weighted by atomic mass is 16.5. The average Bonchev–Trinajstić information content (AvgIpc) is 2.89. The van der Waals surface area contributed by atoms with E-state index in [1.807, 2.05) is 12.2 Å². The Balaban J connectivity index is 2.07. The second kappa shape index (κ2) is 6.49. The van der Waals surface area contributed by atoms with E-state index in [9.17, 15) is 4.79 Å². The minimum Gasteiger partial charge on any atom is -0.380 e. The molecule has 1 saturated heterocycles. The minimum absolute atomic E-state index is 0.0972. The first-order valence-corrected chi connectivity index (χ1v) is 6.44. The lowest BCUT2D eigenvalue weighted by Crippen LogP contribution is -2.27. The first-order valence-electron chi connectivity index (χ1n) is 6.44. The molecular weight excluding hydrogens is 244 g/mol. The number of methoxy groups -OCH3 is 1. The van der Waals surface area contributed by atoms with Crippen molar-refractivity contribution in [2.24, 2.45) is 5.73 Å². The second-order valence-electron chi connectivity index (χ2n) is 4.53. The highest BCUT2D eigenvalue weighted by molar-refractivity contribution is 5.44. The van der Waals surface area contributed by atoms with Crippen LogP contribution in [0, 0.1) is 0 Å². The van der Waals surface area contributed by atoms with Gasteiger partial charge in [-0.1, -0.05) is 12.2 Å². The lowest BCUT2D eigenvalue weighted by molar-refractivity contribution is 0.121. The third-order valence-corrected chi connectivity index (χ3v) is 3.28. The molecule has 1 aromatic heterocycles. The van der Waals surface area contributed by atoms with Crippen molar-refractivity contribution >= 4 is 5.69 Å². The topological polar surface area (TPSA) is 73.4 Å². The molecule has 1 fully saturated rings. The van der Waals surface area contributed by atoms with Crippen LogP contribution in [0.2, 0.25) is 0 Å². The number of anilines is 1. The van der Waals surface area contributed by atoms with E-state index in [0.29, 0.717) is 13.1 Å². The molecule has 1 aliphatic heterocycles. The van der Waals surface area contributed by atoms with Crippen LogP contribution in [0.3, 0.4) is 0 Å². The number of nitrogens with zero attached hydrogens (tertiary/aromatic N) is 3. The first kappa shape index (κ1) is 13.8. The maximum absolute atomic E-state index is 11.9. The van der Waals surface area contributed by atoms with E-state index in [2.05, 4.69) is 10.00 Å². The van der Waals surface area contributed by atoms with Gasteiger partial charge in [0.15, 0.2) is 0 Å². The van der Waals surface area contributed by atoms with Crippen molar-refractivity contribution in [1.82, 2.24) is 9.78 Å². The summed E-state index contributed by atoms with van der Waals surface area (Å²) in [6, 6.07) is 1.63. The van der Waals surface area contributed by atoms with Gasteiger partial charge in [-0.25, -0.2) is 4.68 Å². The Hall–Kier alpha value is -1.66. The van der Waals surface area contributed by atoms with Crippen LogP contribution < -0.4 is 16.2 Å². The predicted octanol–water partition coefficient (Wildman–Crippen LogP) is -0.0167. The first-order chi connectivity index (χ1) is 9.24. The number of hydrogen-bond acceptors (Lipinski definition) is 5. The van der Waals surface area contributed by atoms with Crippen LogP contribution in [-0.2, 0) is 11.3 Å². The summed E-state index contributed by atoms with van der Waals surface area (Å²) in [6.07, 6.45) is 6.61.